The number of nitrogens with one attached hydrogen (secondary N) is 1. The monoisotopic (exact) mass is 286 g/mol. The summed E-state index contributed by atoms with van der Waals surface area (Å²) in [6.07, 6.45) is 4.13. The Kier molecular flexibility index (Phi) is 4.68. The highest BCUT2D eigenvalue weighted by Crippen LogP contribution is 2.27. The van der Waals surface area contributed by atoms with E-state index in [0.717, 1.165) is 43.8 Å². The Balaban J connectivity index is 1.86. The Morgan fingerprint density at radius 2 is 2.19 bits per heavy atom. The van der Waals surface area contributed by atoms with Gasteiger partial charge in [0.1, 0.15) is 6.10 Å². The molecule has 1 atom stereocenters. The van der Waals surface area contributed by atoms with Gasteiger partial charge < -0.3 is 14.8 Å². The fourth-order valence-electron chi connectivity index (χ4n) is 2.62. The summed E-state index contributed by atoms with van der Waals surface area (Å²) < 4.78 is 11.4. The molecular weight excluding hydrogens is 264 g/mol. The lowest BCUT2D eigenvalue weighted by Crippen LogP contribution is -2.17. The van der Waals surface area contributed by atoms with E-state index in [4.69, 9.17) is 9.47 Å². The van der Waals surface area contributed by atoms with Crippen LogP contribution in [0.25, 0.3) is 10.8 Å². The number of ether oxygens (including phenoxy) is 2. The molecule has 4 nitrogen and oxygen atoms in total. The van der Waals surface area contributed by atoms with E-state index in [9.17, 15) is 0 Å². The largest absolute Gasteiger partial charge is 0.471 e. The van der Waals surface area contributed by atoms with Gasteiger partial charge in [0.15, 0.2) is 0 Å². The topological polar surface area (TPSA) is 43.4 Å². The van der Waals surface area contributed by atoms with Gasteiger partial charge in [-0.2, -0.15) is 0 Å². The van der Waals surface area contributed by atoms with E-state index >= 15 is 0 Å². The Labute approximate surface area is 125 Å². The molecule has 1 unspecified atom stereocenters. The van der Waals surface area contributed by atoms with Crippen LogP contribution in [0.2, 0.25) is 0 Å². The zero-order valence-corrected chi connectivity index (χ0v) is 12.5. The number of aromatic nitrogens is 1. The van der Waals surface area contributed by atoms with Gasteiger partial charge in [-0.15, -0.1) is 0 Å². The molecule has 0 spiro atoms. The fraction of sp³-hybridized carbons (Fsp3) is 0.471. The number of hydrogen-bond donors (Lipinski definition) is 1. The van der Waals surface area contributed by atoms with Gasteiger partial charge >= 0.3 is 0 Å². The zero-order chi connectivity index (χ0) is 14.5. The standard InChI is InChI=1S/C17H22N2O2/c1-2-8-18-10-13-11-19-17(21-14-7-9-20-12-14)16-6-4-3-5-15(13)16/h3-6,11,14,18H,2,7-10,12H2,1H3. The van der Waals surface area contributed by atoms with Crippen molar-refractivity contribution in [1.29, 1.82) is 0 Å². The molecule has 1 aliphatic heterocycles. The molecule has 0 aliphatic carbocycles. The van der Waals surface area contributed by atoms with Crippen LogP contribution in [-0.2, 0) is 11.3 Å². The van der Waals surface area contributed by atoms with Crippen molar-refractivity contribution in [3.8, 4) is 5.88 Å². The van der Waals surface area contributed by atoms with Crippen LogP contribution < -0.4 is 10.1 Å². The van der Waals surface area contributed by atoms with Gasteiger partial charge in [0.2, 0.25) is 5.88 Å². The van der Waals surface area contributed by atoms with E-state index in [1.807, 2.05) is 12.3 Å². The quantitative estimate of drug-likeness (QED) is 0.829. The molecule has 0 saturated carbocycles. The van der Waals surface area contributed by atoms with Crippen LogP contribution in [0.3, 0.4) is 0 Å². The second-order valence-corrected chi connectivity index (χ2v) is 5.41. The highest BCUT2D eigenvalue weighted by Gasteiger charge is 2.19. The predicted octanol–water partition coefficient (Wildman–Crippen LogP) is 2.90. The molecule has 1 N–H and O–H groups in total. The number of fused-ring (bicyclic) bond motifs is 1. The van der Waals surface area contributed by atoms with Crippen LogP contribution in [-0.4, -0.2) is 30.8 Å². The van der Waals surface area contributed by atoms with Crippen LogP contribution in [0.4, 0.5) is 0 Å². The Morgan fingerprint density at radius 1 is 1.33 bits per heavy atom. The maximum absolute atomic E-state index is 6.01. The molecule has 4 heteroatoms. The SMILES string of the molecule is CCCNCc1cnc(OC2CCOC2)c2ccccc12. The second kappa shape index (κ2) is 6.87. The van der Waals surface area contributed by atoms with Crippen LogP contribution in [0.5, 0.6) is 5.88 Å². The van der Waals surface area contributed by atoms with Crippen molar-refractivity contribution in [3.63, 3.8) is 0 Å². The number of pyridine rings is 1. The fourth-order valence-corrected chi connectivity index (χ4v) is 2.62. The molecular formula is C17H22N2O2. The summed E-state index contributed by atoms with van der Waals surface area (Å²) in [6.45, 7) is 5.47. The normalized spacial score (nSPS) is 18.2. The molecule has 2 aromatic rings. The molecule has 1 aromatic carbocycles. The second-order valence-electron chi connectivity index (χ2n) is 5.41. The zero-order valence-electron chi connectivity index (χ0n) is 12.5. The summed E-state index contributed by atoms with van der Waals surface area (Å²) in [7, 11) is 0. The summed E-state index contributed by atoms with van der Waals surface area (Å²) >= 11 is 0. The summed E-state index contributed by atoms with van der Waals surface area (Å²) in [4.78, 5) is 4.53. The van der Waals surface area contributed by atoms with Crippen molar-refractivity contribution in [2.75, 3.05) is 19.8 Å². The molecule has 21 heavy (non-hydrogen) atoms. The van der Waals surface area contributed by atoms with Gasteiger partial charge in [-0.25, -0.2) is 4.98 Å². The van der Waals surface area contributed by atoms with Crippen molar-refractivity contribution in [2.45, 2.75) is 32.4 Å². The van der Waals surface area contributed by atoms with Crippen molar-refractivity contribution in [3.05, 3.63) is 36.0 Å². The van der Waals surface area contributed by atoms with Crippen LogP contribution in [0.15, 0.2) is 30.5 Å². The molecule has 0 amide bonds. The third-order valence-electron chi connectivity index (χ3n) is 3.75. The lowest BCUT2D eigenvalue weighted by Gasteiger charge is -2.15. The van der Waals surface area contributed by atoms with Crippen molar-refractivity contribution in [2.24, 2.45) is 0 Å². The lowest BCUT2D eigenvalue weighted by atomic mass is 10.1. The first-order valence-electron chi connectivity index (χ1n) is 7.70. The molecule has 0 radical (unpaired) electrons. The van der Waals surface area contributed by atoms with Crippen LogP contribution in [0, 0.1) is 0 Å². The number of nitrogens with zero attached hydrogens (tertiary/aromatic N) is 1. The summed E-state index contributed by atoms with van der Waals surface area (Å²) in [6, 6.07) is 8.31. The summed E-state index contributed by atoms with van der Waals surface area (Å²) in [5.41, 5.74) is 1.22. The molecule has 3 rings (SSSR count). The van der Waals surface area contributed by atoms with Gasteiger partial charge in [-0.1, -0.05) is 25.1 Å². The minimum absolute atomic E-state index is 0.130. The Hall–Kier alpha value is -1.65. The van der Waals surface area contributed by atoms with Gasteiger partial charge in [0.25, 0.3) is 0 Å². The maximum Gasteiger partial charge on any atom is 0.221 e. The summed E-state index contributed by atoms with van der Waals surface area (Å²) in [5.74, 6) is 0.723. The first kappa shape index (κ1) is 14.3. The minimum atomic E-state index is 0.130. The number of hydrogen-bond acceptors (Lipinski definition) is 4. The third kappa shape index (κ3) is 3.34. The first-order chi connectivity index (χ1) is 10.4. The van der Waals surface area contributed by atoms with Gasteiger partial charge in [-0.3, -0.25) is 0 Å². The lowest BCUT2D eigenvalue weighted by molar-refractivity contribution is 0.139. The predicted molar refractivity (Wildman–Crippen MR) is 83.6 cm³/mol. The van der Waals surface area contributed by atoms with Crippen LogP contribution in [0.1, 0.15) is 25.3 Å². The maximum atomic E-state index is 6.01. The van der Waals surface area contributed by atoms with E-state index in [1.165, 1.54) is 10.9 Å². The first-order valence-corrected chi connectivity index (χ1v) is 7.70. The minimum Gasteiger partial charge on any atom is -0.471 e. The van der Waals surface area contributed by atoms with E-state index in [0.29, 0.717) is 6.61 Å². The van der Waals surface area contributed by atoms with Crippen molar-refractivity contribution >= 4 is 10.8 Å². The molecule has 2 heterocycles. The summed E-state index contributed by atoms with van der Waals surface area (Å²) in [5, 5.41) is 5.73. The number of benzene rings is 1. The Morgan fingerprint density at radius 3 is 2.95 bits per heavy atom. The molecule has 112 valence electrons. The van der Waals surface area contributed by atoms with Crippen molar-refractivity contribution < 1.29 is 9.47 Å². The highest BCUT2D eigenvalue weighted by atomic mass is 16.5. The smallest absolute Gasteiger partial charge is 0.221 e. The van der Waals surface area contributed by atoms with E-state index in [2.05, 4.69) is 35.4 Å². The molecule has 1 saturated heterocycles. The average Bonchev–Trinajstić information content (AvgIpc) is 3.02. The Bertz CT molecular complexity index is 594. The molecule has 1 aromatic heterocycles. The molecule has 1 fully saturated rings. The van der Waals surface area contributed by atoms with Crippen molar-refractivity contribution in [1.82, 2.24) is 10.3 Å². The van der Waals surface area contributed by atoms with E-state index < -0.39 is 0 Å². The van der Waals surface area contributed by atoms with E-state index in [-0.39, 0.29) is 6.10 Å². The van der Waals surface area contributed by atoms with Gasteiger partial charge in [-0.05, 0) is 30.0 Å². The third-order valence-corrected chi connectivity index (χ3v) is 3.75. The molecule has 0 bridgehead atoms. The average molecular weight is 286 g/mol. The van der Waals surface area contributed by atoms with Crippen LogP contribution >= 0.6 is 0 Å². The van der Waals surface area contributed by atoms with Gasteiger partial charge in [0.05, 0.1) is 13.2 Å². The van der Waals surface area contributed by atoms with E-state index in [1.54, 1.807) is 0 Å². The number of rotatable bonds is 6. The highest BCUT2D eigenvalue weighted by molar-refractivity contribution is 5.89. The van der Waals surface area contributed by atoms with Gasteiger partial charge in [0, 0.05) is 24.5 Å². The molecule has 1 aliphatic rings.